The summed E-state index contributed by atoms with van der Waals surface area (Å²) >= 11 is 0. The molecule has 0 N–H and O–H groups in total. The molecule has 2 rings (SSSR count). The zero-order valence-corrected chi connectivity index (χ0v) is 16.8. The predicted molar refractivity (Wildman–Crippen MR) is 95.5 cm³/mol. The van der Waals surface area contributed by atoms with E-state index in [1.807, 2.05) is 6.08 Å². The molecule has 0 aromatic carbocycles. The van der Waals surface area contributed by atoms with E-state index >= 15 is 0 Å². The van der Waals surface area contributed by atoms with Crippen LogP contribution in [0.15, 0.2) is 11.6 Å². The Bertz CT molecular complexity index is 496. The number of fused-ring (bicyclic) bond motifs is 1. The van der Waals surface area contributed by atoms with Crippen molar-refractivity contribution in [1.29, 1.82) is 0 Å². The van der Waals surface area contributed by atoms with Crippen molar-refractivity contribution >= 4 is 14.1 Å². The summed E-state index contributed by atoms with van der Waals surface area (Å²) < 4.78 is 6.87. The molecule has 1 saturated carbocycles. The summed E-state index contributed by atoms with van der Waals surface area (Å²) in [5, 5.41) is 0.222. The lowest BCUT2D eigenvalue weighted by atomic mass is 9.58. The van der Waals surface area contributed by atoms with E-state index in [2.05, 4.69) is 54.6 Å². The van der Waals surface area contributed by atoms with Crippen LogP contribution in [0, 0.1) is 10.8 Å². The van der Waals surface area contributed by atoms with Crippen LogP contribution in [0.25, 0.3) is 0 Å². The zero-order chi connectivity index (χ0) is 17.0. The maximum atomic E-state index is 11.9. The highest BCUT2D eigenvalue weighted by molar-refractivity contribution is 6.74. The third-order valence-corrected chi connectivity index (χ3v) is 10.8. The number of allylic oxidation sites excluding steroid dienone is 1. The van der Waals surface area contributed by atoms with Crippen molar-refractivity contribution in [3.63, 3.8) is 0 Å². The molecule has 2 atom stereocenters. The largest absolute Gasteiger partial charge is 0.413 e. The standard InChI is InChI=1S/C19H34O2Si/c1-17(2,3)22(7,8)21-16-13-18(4,5)12-14-11-15(20)9-10-19(14,16)6/h11,16H,9-10,12-13H2,1-8H3/t16-,19-/m0/s1. The van der Waals surface area contributed by atoms with E-state index in [1.165, 1.54) is 5.57 Å². The molecule has 0 aliphatic heterocycles. The monoisotopic (exact) mass is 322 g/mol. The van der Waals surface area contributed by atoms with Crippen LogP contribution in [0.1, 0.15) is 67.2 Å². The van der Waals surface area contributed by atoms with Gasteiger partial charge in [0.05, 0.1) is 6.10 Å². The summed E-state index contributed by atoms with van der Waals surface area (Å²) in [6.45, 7) is 18.6. The summed E-state index contributed by atoms with van der Waals surface area (Å²) in [5.41, 5.74) is 1.61. The van der Waals surface area contributed by atoms with Crippen molar-refractivity contribution in [1.82, 2.24) is 0 Å². The second kappa shape index (κ2) is 5.30. The fourth-order valence-electron chi connectivity index (χ4n) is 3.61. The highest BCUT2D eigenvalue weighted by atomic mass is 28.4. The molecule has 0 bridgehead atoms. The van der Waals surface area contributed by atoms with Crippen molar-refractivity contribution < 1.29 is 9.22 Å². The van der Waals surface area contributed by atoms with Crippen LogP contribution >= 0.6 is 0 Å². The first-order chi connectivity index (χ1) is 9.77. The van der Waals surface area contributed by atoms with E-state index in [4.69, 9.17) is 4.43 Å². The van der Waals surface area contributed by atoms with Gasteiger partial charge in [-0.25, -0.2) is 0 Å². The van der Waals surface area contributed by atoms with Crippen molar-refractivity contribution in [2.24, 2.45) is 10.8 Å². The second-order valence-corrected chi connectivity index (χ2v) is 14.7. The lowest BCUT2D eigenvalue weighted by Gasteiger charge is -2.54. The predicted octanol–water partition coefficient (Wildman–Crippen LogP) is 5.49. The second-order valence-electron chi connectivity index (χ2n) is 9.97. The van der Waals surface area contributed by atoms with Crippen LogP contribution in [0.4, 0.5) is 0 Å². The van der Waals surface area contributed by atoms with Gasteiger partial charge in [0, 0.05) is 11.8 Å². The normalized spacial score (nSPS) is 32.5. The summed E-state index contributed by atoms with van der Waals surface area (Å²) in [4.78, 5) is 11.9. The van der Waals surface area contributed by atoms with Gasteiger partial charge in [-0.3, -0.25) is 4.79 Å². The third-order valence-electron chi connectivity index (χ3n) is 6.32. The van der Waals surface area contributed by atoms with E-state index < -0.39 is 8.32 Å². The lowest BCUT2D eigenvalue weighted by molar-refractivity contribution is -0.117. The van der Waals surface area contributed by atoms with Crippen LogP contribution in [0.5, 0.6) is 0 Å². The van der Waals surface area contributed by atoms with Crippen molar-refractivity contribution in [3.05, 3.63) is 11.6 Å². The van der Waals surface area contributed by atoms with Gasteiger partial charge in [-0.05, 0) is 48.9 Å². The van der Waals surface area contributed by atoms with Crippen molar-refractivity contribution in [3.8, 4) is 0 Å². The van der Waals surface area contributed by atoms with Crippen LogP contribution < -0.4 is 0 Å². The average molecular weight is 323 g/mol. The number of hydrogen-bond acceptors (Lipinski definition) is 2. The minimum Gasteiger partial charge on any atom is -0.413 e. The number of carbonyl (C=O) groups excluding carboxylic acids is 1. The van der Waals surface area contributed by atoms with E-state index in [-0.39, 0.29) is 22.0 Å². The first-order valence-electron chi connectivity index (χ1n) is 8.69. The van der Waals surface area contributed by atoms with E-state index in [0.29, 0.717) is 12.2 Å². The van der Waals surface area contributed by atoms with Gasteiger partial charge in [-0.15, -0.1) is 0 Å². The van der Waals surface area contributed by atoms with E-state index in [0.717, 1.165) is 19.3 Å². The molecule has 0 saturated heterocycles. The summed E-state index contributed by atoms with van der Waals surface area (Å²) in [7, 11) is -1.81. The van der Waals surface area contributed by atoms with Crippen molar-refractivity contribution in [2.75, 3.05) is 0 Å². The molecule has 0 aromatic rings. The van der Waals surface area contributed by atoms with Crippen molar-refractivity contribution in [2.45, 2.75) is 91.5 Å². The number of rotatable bonds is 2. The Labute approximate surface area is 137 Å². The first kappa shape index (κ1) is 17.9. The molecular formula is C19H34O2Si. The summed E-state index contributed by atoms with van der Waals surface area (Å²) in [5.74, 6) is 0.302. The van der Waals surface area contributed by atoms with Crippen LogP contribution in [0.3, 0.4) is 0 Å². The van der Waals surface area contributed by atoms with Gasteiger partial charge in [0.1, 0.15) is 0 Å². The Morgan fingerprint density at radius 3 is 2.36 bits per heavy atom. The fourth-order valence-corrected chi connectivity index (χ4v) is 5.02. The van der Waals surface area contributed by atoms with Crippen LogP contribution in [-0.2, 0) is 9.22 Å². The molecule has 22 heavy (non-hydrogen) atoms. The molecule has 0 spiro atoms. The van der Waals surface area contributed by atoms with E-state index in [9.17, 15) is 4.79 Å². The highest BCUT2D eigenvalue weighted by Gasteiger charge is 2.51. The Balaban J connectivity index is 2.37. The molecule has 126 valence electrons. The maximum Gasteiger partial charge on any atom is 0.192 e. The van der Waals surface area contributed by atoms with Crippen LogP contribution in [-0.4, -0.2) is 20.2 Å². The number of ketones is 1. The molecule has 0 heterocycles. The minimum atomic E-state index is -1.81. The molecule has 0 unspecified atom stereocenters. The molecule has 0 aromatic heterocycles. The number of carbonyl (C=O) groups is 1. The molecule has 1 fully saturated rings. The van der Waals surface area contributed by atoms with Gasteiger partial charge in [0.15, 0.2) is 14.1 Å². The number of hydrogen-bond donors (Lipinski definition) is 0. The van der Waals surface area contributed by atoms with Gasteiger partial charge in [-0.1, -0.05) is 47.1 Å². The average Bonchev–Trinajstić information content (AvgIpc) is 2.29. The molecule has 2 nitrogen and oxygen atoms in total. The summed E-state index contributed by atoms with van der Waals surface area (Å²) in [6.07, 6.45) is 5.95. The Morgan fingerprint density at radius 2 is 1.82 bits per heavy atom. The smallest absolute Gasteiger partial charge is 0.192 e. The highest BCUT2D eigenvalue weighted by Crippen LogP contribution is 2.55. The Kier molecular flexibility index (Phi) is 4.32. The topological polar surface area (TPSA) is 26.3 Å². The Morgan fingerprint density at radius 1 is 1.23 bits per heavy atom. The third kappa shape index (κ3) is 3.26. The van der Waals surface area contributed by atoms with Gasteiger partial charge in [0.2, 0.25) is 0 Å². The van der Waals surface area contributed by atoms with Gasteiger partial charge >= 0.3 is 0 Å². The lowest BCUT2D eigenvalue weighted by Crippen LogP contribution is -2.53. The van der Waals surface area contributed by atoms with Gasteiger partial charge in [0.25, 0.3) is 0 Å². The Hall–Kier alpha value is -0.413. The van der Waals surface area contributed by atoms with E-state index in [1.54, 1.807) is 0 Å². The SMILES string of the molecule is CC1(C)CC2=CC(=O)CC[C@]2(C)[C@@H](O[Si](C)(C)C(C)(C)C)C1. The molecular weight excluding hydrogens is 288 g/mol. The van der Waals surface area contributed by atoms with Gasteiger partial charge < -0.3 is 4.43 Å². The fraction of sp³-hybridized carbons (Fsp3) is 0.842. The molecule has 2 aliphatic rings. The summed E-state index contributed by atoms with van der Waals surface area (Å²) in [6, 6.07) is 0. The minimum absolute atomic E-state index is 0.0545. The van der Waals surface area contributed by atoms with Crippen LogP contribution in [0.2, 0.25) is 18.1 Å². The maximum absolute atomic E-state index is 11.9. The quantitative estimate of drug-likeness (QED) is 0.628. The molecule has 3 heteroatoms. The first-order valence-corrected chi connectivity index (χ1v) is 11.6. The van der Waals surface area contributed by atoms with Gasteiger partial charge in [-0.2, -0.15) is 0 Å². The molecule has 0 amide bonds. The molecule has 0 radical (unpaired) electrons. The zero-order valence-electron chi connectivity index (χ0n) is 15.8. The molecule has 2 aliphatic carbocycles.